The maximum absolute atomic E-state index is 13.4. The van der Waals surface area contributed by atoms with Crippen LogP contribution in [0.4, 0.5) is 4.39 Å². The van der Waals surface area contributed by atoms with Crippen LogP contribution in [0.1, 0.15) is 6.92 Å². The smallest absolute Gasteiger partial charge is 0.388 e. The SMILES string of the molecule is CC1OC(COP(N)(=O)O)C(F)[C@H](O)[C@@H]1O. The summed E-state index contributed by atoms with van der Waals surface area (Å²) in [6, 6.07) is 0. The lowest BCUT2D eigenvalue weighted by atomic mass is 9.97. The van der Waals surface area contributed by atoms with E-state index in [4.69, 9.17) is 15.1 Å². The van der Waals surface area contributed by atoms with E-state index < -0.39 is 44.9 Å². The quantitative estimate of drug-likeness (QED) is 0.475. The van der Waals surface area contributed by atoms with E-state index in [1.807, 2.05) is 0 Å². The fraction of sp³-hybridized carbons (Fsp3) is 1.00. The summed E-state index contributed by atoms with van der Waals surface area (Å²) in [6.07, 6.45) is -6.90. The summed E-state index contributed by atoms with van der Waals surface area (Å²) >= 11 is 0. The fourth-order valence-electron chi connectivity index (χ4n) is 1.43. The monoisotopic (exact) mass is 259 g/mol. The molecule has 1 aliphatic rings. The molecule has 1 heterocycles. The average molecular weight is 259 g/mol. The number of nitrogens with two attached hydrogens (primary N) is 1. The Labute approximate surface area is 91.6 Å². The van der Waals surface area contributed by atoms with Crippen molar-refractivity contribution < 1.29 is 33.3 Å². The van der Waals surface area contributed by atoms with Gasteiger partial charge in [0.05, 0.1) is 12.7 Å². The Morgan fingerprint density at radius 3 is 2.56 bits per heavy atom. The van der Waals surface area contributed by atoms with Gasteiger partial charge in [0.2, 0.25) is 0 Å². The van der Waals surface area contributed by atoms with Gasteiger partial charge in [0.15, 0.2) is 6.17 Å². The molecule has 1 saturated heterocycles. The molecule has 9 heteroatoms. The minimum Gasteiger partial charge on any atom is -0.388 e. The zero-order valence-corrected chi connectivity index (χ0v) is 9.46. The summed E-state index contributed by atoms with van der Waals surface area (Å²) in [7, 11) is -4.20. The fourth-order valence-corrected chi connectivity index (χ4v) is 1.79. The van der Waals surface area contributed by atoms with Gasteiger partial charge in [-0.1, -0.05) is 0 Å². The molecule has 6 atom stereocenters. The highest BCUT2D eigenvalue weighted by atomic mass is 31.2. The van der Waals surface area contributed by atoms with Crippen molar-refractivity contribution in [1.82, 2.24) is 0 Å². The van der Waals surface area contributed by atoms with Crippen molar-refractivity contribution in [2.45, 2.75) is 37.5 Å². The summed E-state index contributed by atoms with van der Waals surface area (Å²) in [5.41, 5.74) is 4.69. The molecule has 0 aromatic rings. The van der Waals surface area contributed by atoms with Crippen LogP contribution in [0.2, 0.25) is 0 Å². The van der Waals surface area contributed by atoms with Gasteiger partial charge in [0.1, 0.15) is 18.3 Å². The van der Waals surface area contributed by atoms with Gasteiger partial charge in [-0.3, -0.25) is 4.52 Å². The molecular formula is C7H15FNO6P. The van der Waals surface area contributed by atoms with Crippen molar-refractivity contribution in [2.75, 3.05) is 6.61 Å². The van der Waals surface area contributed by atoms with Gasteiger partial charge in [-0.25, -0.2) is 14.5 Å². The summed E-state index contributed by atoms with van der Waals surface area (Å²) in [5.74, 6) is 0. The van der Waals surface area contributed by atoms with E-state index in [1.54, 1.807) is 0 Å². The largest absolute Gasteiger partial charge is 0.400 e. The van der Waals surface area contributed by atoms with Crippen LogP contribution in [0.15, 0.2) is 0 Å². The Morgan fingerprint density at radius 1 is 1.50 bits per heavy atom. The highest BCUT2D eigenvalue weighted by molar-refractivity contribution is 7.50. The zero-order chi connectivity index (χ0) is 12.5. The second-order valence-corrected chi connectivity index (χ2v) is 5.05. The molecular weight excluding hydrogens is 244 g/mol. The van der Waals surface area contributed by atoms with E-state index in [-0.39, 0.29) is 0 Å². The van der Waals surface area contributed by atoms with Gasteiger partial charge in [0.25, 0.3) is 0 Å². The second kappa shape index (κ2) is 5.05. The Bertz CT molecular complexity index is 286. The Morgan fingerprint density at radius 2 is 2.06 bits per heavy atom. The molecule has 1 rings (SSSR count). The van der Waals surface area contributed by atoms with Crippen molar-refractivity contribution in [3.05, 3.63) is 0 Å². The van der Waals surface area contributed by atoms with E-state index >= 15 is 0 Å². The molecule has 7 nitrogen and oxygen atoms in total. The van der Waals surface area contributed by atoms with Crippen LogP contribution < -0.4 is 5.50 Å². The highest BCUT2D eigenvalue weighted by Gasteiger charge is 2.43. The molecule has 0 bridgehead atoms. The van der Waals surface area contributed by atoms with Gasteiger partial charge in [0, 0.05) is 0 Å². The van der Waals surface area contributed by atoms with Crippen molar-refractivity contribution in [3.8, 4) is 0 Å². The number of hydrogen-bond acceptors (Lipinski definition) is 5. The third kappa shape index (κ3) is 3.46. The first-order valence-electron chi connectivity index (χ1n) is 4.64. The van der Waals surface area contributed by atoms with Gasteiger partial charge in [-0.15, -0.1) is 0 Å². The van der Waals surface area contributed by atoms with Crippen LogP contribution in [0.5, 0.6) is 0 Å². The molecule has 0 spiro atoms. The third-order valence-corrected chi connectivity index (χ3v) is 2.84. The van der Waals surface area contributed by atoms with E-state index in [2.05, 4.69) is 4.52 Å². The van der Waals surface area contributed by atoms with Crippen LogP contribution in [0.3, 0.4) is 0 Å². The number of alkyl halides is 1. The maximum Gasteiger partial charge on any atom is 0.400 e. The number of ether oxygens (including phenoxy) is 1. The standard InChI is InChI=1S/C7H15FNO6P/c1-3-6(10)7(11)5(8)4(15-3)2-14-16(9,12)13/h3-7,10-11H,2H2,1H3,(H3,9,12,13)/t3?,4?,5?,6-,7+/m1/s1. The normalized spacial score (nSPS) is 44.0. The van der Waals surface area contributed by atoms with Gasteiger partial charge >= 0.3 is 7.75 Å². The number of rotatable bonds is 3. The maximum atomic E-state index is 13.4. The van der Waals surface area contributed by atoms with Crippen molar-refractivity contribution in [3.63, 3.8) is 0 Å². The van der Waals surface area contributed by atoms with E-state index in [9.17, 15) is 19.2 Å². The molecule has 96 valence electrons. The zero-order valence-electron chi connectivity index (χ0n) is 8.56. The molecule has 0 amide bonds. The Kier molecular flexibility index (Phi) is 4.42. The van der Waals surface area contributed by atoms with E-state index in [0.717, 1.165) is 0 Å². The molecule has 4 unspecified atom stereocenters. The van der Waals surface area contributed by atoms with Crippen LogP contribution in [0.25, 0.3) is 0 Å². The van der Waals surface area contributed by atoms with Crippen molar-refractivity contribution in [2.24, 2.45) is 5.50 Å². The van der Waals surface area contributed by atoms with Crippen molar-refractivity contribution in [1.29, 1.82) is 0 Å². The Balaban J connectivity index is 2.57. The number of aliphatic hydroxyl groups excluding tert-OH is 2. The predicted molar refractivity (Wildman–Crippen MR) is 51.2 cm³/mol. The summed E-state index contributed by atoms with van der Waals surface area (Å²) < 4.78 is 33.3. The Hall–Kier alpha value is -0.0800. The minimum absolute atomic E-state index is 0.570. The molecule has 0 aromatic heterocycles. The first-order valence-corrected chi connectivity index (χ1v) is 6.28. The molecule has 0 radical (unpaired) electrons. The lowest BCUT2D eigenvalue weighted by molar-refractivity contribution is -0.204. The lowest BCUT2D eigenvalue weighted by Gasteiger charge is -2.37. The molecule has 0 aromatic carbocycles. The van der Waals surface area contributed by atoms with Crippen LogP contribution in [-0.4, -0.2) is 52.3 Å². The van der Waals surface area contributed by atoms with Crippen molar-refractivity contribution >= 4 is 7.75 Å². The third-order valence-electron chi connectivity index (χ3n) is 2.33. The topological polar surface area (TPSA) is 122 Å². The van der Waals surface area contributed by atoms with Gasteiger partial charge in [-0.05, 0) is 6.92 Å². The molecule has 0 saturated carbocycles. The predicted octanol–water partition coefficient (Wildman–Crippen LogP) is -1.09. The second-order valence-electron chi connectivity index (χ2n) is 3.67. The highest BCUT2D eigenvalue weighted by Crippen LogP contribution is 2.33. The molecule has 1 aliphatic heterocycles. The summed E-state index contributed by atoms with van der Waals surface area (Å²) in [4.78, 5) is 8.64. The lowest BCUT2D eigenvalue weighted by Crippen LogP contribution is -2.56. The van der Waals surface area contributed by atoms with E-state index in [0.29, 0.717) is 0 Å². The molecule has 16 heavy (non-hydrogen) atoms. The number of halogens is 1. The van der Waals surface area contributed by atoms with Gasteiger partial charge in [-0.2, -0.15) is 0 Å². The van der Waals surface area contributed by atoms with E-state index in [1.165, 1.54) is 6.92 Å². The van der Waals surface area contributed by atoms with Gasteiger partial charge < -0.3 is 19.8 Å². The first-order chi connectivity index (χ1) is 7.22. The number of hydrogen-bond donors (Lipinski definition) is 4. The molecule has 1 fully saturated rings. The van der Waals surface area contributed by atoms with Crippen LogP contribution >= 0.6 is 7.75 Å². The van der Waals surface area contributed by atoms with Crippen LogP contribution in [-0.2, 0) is 13.8 Å². The summed E-state index contributed by atoms with van der Waals surface area (Å²) in [6.45, 7) is 0.868. The number of aliphatic hydroxyl groups is 2. The first kappa shape index (κ1) is 14.0. The molecule has 5 N–H and O–H groups in total. The van der Waals surface area contributed by atoms with Crippen LogP contribution in [0, 0.1) is 0 Å². The molecule has 0 aliphatic carbocycles. The minimum atomic E-state index is -4.20. The average Bonchev–Trinajstić information content (AvgIpc) is 2.17. The summed E-state index contributed by atoms with van der Waals surface area (Å²) in [5, 5.41) is 18.6.